The number of nitrogen functional groups attached to an aromatic ring is 1. The Balaban J connectivity index is 3.25. The number of hydrogen-bond donors (Lipinski definition) is 1. The van der Waals surface area contributed by atoms with Crippen molar-refractivity contribution in [2.75, 3.05) is 19.8 Å². The third kappa shape index (κ3) is 4.03. The van der Waals surface area contributed by atoms with E-state index in [1.807, 2.05) is 0 Å². The van der Waals surface area contributed by atoms with Gasteiger partial charge in [0.2, 0.25) is 0 Å². The highest BCUT2D eigenvalue weighted by atomic mass is 35.5. The van der Waals surface area contributed by atoms with Crippen LogP contribution >= 0.6 is 11.6 Å². The van der Waals surface area contributed by atoms with E-state index in [9.17, 15) is 9.59 Å². The molecule has 0 unspecified atom stereocenters. The maximum Gasteiger partial charge on any atom is 0.279 e. The molecule has 0 aliphatic rings. The molecule has 0 bridgehead atoms. The average Bonchev–Trinajstić information content (AvgIpc) is 2.42. The Morgan fingerprint density at radius 1 is 1.52 bits per heavy atom. The lowest BCUT2D eigenvalue weighted by atomic mass is 10.4. The number of aliphatic imine (C=N–C) groups is 2. The fourth-order valence-corrected chi connectivity index (χ4v) is 1.63. The number of likely N-dealkylation sites (N-methyl/N-ethyl adjacent to an activating group) is 1. The molecule has 1 amide bonds. The molecule has 21 heavy (non-hydrogen) atoms. The molecule has 7 nitrogen and oxygen atoms in total. The van der Waals surface area contributed by atoms with Gasteiger partial charge in [0.1, 0.15) is 11.5 Å². The van der Waals surface area contributed by atoms with Crippen LogP contribution in [0, 0.1) is 0 Å². The summed E-state index contributed by atoms with van der Waals surface area (Å²) in [7, 11) is 3.17. The van der Waals surface area contributed by atoms with Crippen LogP contribution in [-0.4, -0.2) is 42.0 Å². The maximum atomic E-state index is 11.9. The molecule has 0 aliphatic heterocycles. The minimum atomic E-state index is -0.443. The number of nitrogens with two attached hydrogens (primary N) is 1. The highest BCUT2D eigenvalue weighted by Crippen LogP contribution is 2.08. The molecule has 0 saturated carbocycles. The second kappa shape index (κ2) is 6.85. The van der Waals surface area contributed by atoms with Crippen molar-refractivity contribution in [1.82, 2.24) is 9.47 Å². The number of halogens is 1. The molecule has 0 aliphatic carbocycles. The summed E-state index contributed by atoms with van der Waals surface area (Å²) in [4.78, 5) is 32.6. The van der Waals surface area contributed by atoms with Crippen LogP contribution in [0.2, 0.25) is 5.02 Å². The van der Waals surface area contributed by atoms with Gasteiger partial charge in [0.25, 0.3) is 11.5 Å². The summed E-state index contributed by atoms with van der Waals surface area (Å²) in [6.45, 7) is 4.89. The zero-order valence-electron chi connectivity index (χ0n) is 12.0. The number of rotatable bonds is 3. The van der Waals surface area contributed by atoms with Gasteiger partial charge >= 0.3 is 0 Å². The molecule has 2 N–H and O–H groups in total. The van der Waals surface area contributed by atoms with Gasteiger partial charge in [-0.15, -0.1) is 0 Å². The van der Waals surface area contributed by atoms with Gasteiger partial charge in [0.15, 0.2) is 0 Å². The minimum Gasteiger partial charge on any atom is -0.394 e. The van der Waals surface area contributed by atoms with Crippen LogP contribution in [0.5, 0.6) is 0 Å². The molecular formula is C13H16ClN5O2. The molecule has 0 radical (unpaired) electrons. The monoisotopic (exact) mass is 309 g/mol. The van der Waals surface area contributed by atoms with Crippen molar-refractivity contribution in [1.29, 1.82) is 0 Å². The van der Waals surface area contributed by atoms with Crippen LogP contribution in [0.3, 0.4) is 0 Å². The summed E-state index contributed by atoms with van der Waals surface area (Å²) in [5, 5.41) is 0.303. The summed E-state index contributed by atoms with van der Waals surface area (Å²) >= 11 is 5.85. The van der Waals surface area contributed by atoms with Crippen molar-refractivity contribution in [2.24, 2.45) is 9.98 Å². The van der Waals surface area contributed by atoms with Crippen molar-refractivity contribution in [3.8, 4) is 0 Å². The standard InChI is InChI=1S/C13H16ClN5O2/c1-8(17-6-11(16-2)13(21)18(3)4)19-7-9(14)5-10(15)12(19)20/h5-7H,2,15H2,1,3-4H3/b11-6-,17-8?. The number of anilines is 1. The molecule has 1 aromatic heterocycles. The largest absolute Gasteiger partial charge is 0.394 e. The van der Waals surface area contributed by atoms with Crippen molar-refractivity contribution in [2.45, 2.75) is 6.92 Å². The molecule has 1 rings (SSSR count). The Hall–Kier alpha value is -2.41. The van der Waals surface area contributed by atoms with Crippen LogP contribution in [0.25, 0.3) is 0 Å². The van der Waals surface area contributed by atoms with Crippen molar-refractivity contribution < 1.29 is 4.79 Å². The Labute approximate surface area is 127 Å². The van der Waals surface area contributed by atoms with Crippen molar-refractivity contribution >= 4 is 35.7 Å². The lowest BCUT2D eigenvalue weighted by Gasteiger charge is -2.09. The van der Waals surface area contributed by atoms with E-state index in [1.165, 1.54) is 27.9 Å². The first-order valence-electron chi connectivity index (χ1n) is 5.89. The molecule has 112 valence electrons. The minimum absolute atomic E-state index is 0.00691. The lowest BCUT2D eigenvalue weighted by molar-refractivity contribution is -0.124. The third-order valence-electron chi connectivity index (χ3n) is 2.53. The van der Waals surface area contributed by atoms with E-state index < -0.39 is 5.56 Å². The summed E-state index contributed by atoms with van der Waals surface area (Å²) in [6, 6.07) is 1.36. The normalized spacial score (nSPS) is 12.2. The fourth-order valence-electron chi connectivity index (χ4n) is 1.42. The number of hydrogen-bond acceptors (Lipinski definition) is 5. The van der Waals surface area contributed by atoms with Crippen molar-refractivity contribution in [3.05, 3.63) is 39.5 Å². The molecule has 8 heteroatoms. The first-order chi connectivity index (χ1) is 9.77. The van der Waals surface area contributed by atoms with Gasteiger partial charge in [0, 0.05) is 20.3 Å². The molecule has 0 saturated heterocycles. The molecule has 0 spiro atoms. The van der Waals surface area contributed by atoms with Gasteiger partial charge in [-0.25, -0.2) is 4.99 Å². The van der Waals surface area contributed by atoms with Gasteiger partial charge in [-0.2, -0.15) is 0 Å². The van der Waals surface area contributed by atoms with E-state index in [2.05, 4.69) is 16.7 Å². The highest BCUT2D eigenvalue weighted by Gasteiger charge is 2.10. The Morgan fingerprint density at radius 2 is 2.14 bits per heavy atom. The first kappa shape index (κ1) is 16.6. The zero-order valence-corrected chi connectivity index (χ0v) is 12.8. The summed E-state index contributed by atoms with van der Waals surface area (Å²) in [6.07, 6.45) is 2.62. The molecule has 0 fully saturated rings. The van der Waals surface area contributed by atoms with E-state index in [4.69, 9.17) is 17.3 Å². The van der Waals surface area contributed by atoms with E-state index in [1.54, 1.807) is 21.0 Å². The summed E-state index contributed by atoms with van der Waals surface area (Å²) < 4.78 is 1.19. The van der Waals surface area contributed by atoms with Gasteiger partial charge < -0.3 is 10.6 Å². The van der Waals surface area contributed by atoms with Gasteiger partial charge in [-0.05, 0) is 19.7 Å². The van der Waals surface area contributed by atoms with Crippen molar-refractivity contribution in [3.63, 3.8) is 0 Å². The quantitative estimate of drug-likeness (QED) is 0.512. The Bertz CT molecular complexity index is 688. The van der Waals surface area contributed by atoms with E-state index >= 15 is 0 Å². The lowest BCUT2D eigenvalue weighted by Crippen LogP contribution is -2.27. The number of nitrogens with zero attached hydrogens (tertiary/aromatic N) is 4. The summed E-state index contributed by atoms with van der Waals surface area (Å²) in [5.74, 6) is -0.0542. The predicted octanol–water partition coefficient (Wildman–Crippen LogP) is 0.981. The topological polar surface area (TPSA) is 93.0 Å². The van der Waals surface area contributed by atoms with Gasteiger partial charge in [-0.1, -0.05) is 11.6 Å². The molecular weight excluding hydrogens is 294 g/mol. The predicted molar refractivity (Wildman–Crippen MR) is 85.0 cm³/mol. The first-order valence-corrected chi connectivity index (χ1v) is 6.26. The second-order valence-electron chi connectivity index (χ2n) is 4.34. The molecule has 1 heterocycles. The molecule has 0 atom stereocenters. The third-order valence-corrected chi connectivity index (χ3v) is 2.74. The smallest absolute Gasteiger partial charge is 0.279 e. The van der Waals surface area contributed by atoms with Crippen LogP contribution in [-0.2, 0) is 4.79 Å². The zero-order chi connectivity index (χ0) is 16.2. The number of pyridine rings is 1. The SMILES string of the molecule is C=N/C(=C\N=C(C)n1cc(Cl)cc(N)c1=O)C(=O)N(C)C. The van der Waals surface area contributed by atoms with E-state index in [-0.39, 0.29) is 17.3 Å². The number of carbonyl (C=O) groups excluding carboxylic acids is 1. The highest BCUT2D eigenvalue weighted by molar-refractivity contribution is 6.30. The Morgan fingerprint density at radius 3 is 2.67 bits per heavy atom. The van der Waals surface area contributed by atoms with Gasteiger partial charge in [0.05, 0.1) is 16.9 Å². The van der Waals surface area contributed by atoms with Gasteiger partial charge in [-0.3, -0.25) is 19.1 Å². The van der Waals surface area contributed by atoms with Crippen LogP contribution in [0.1, 0.15) is 6.92 Å². The van der Waals surface area contributed by atoms with Crippen LogP contribution < -0.4 is 11.3 Å². The number of carbonyl (C=O) groups is 1. The van der Waals surface area contributed by atoms with Crippen LogP contribution in [0.4, 0.5) is 5.69 Å². The fraction of sp³-hybridized carbons (Fsp3) is 0.231. The average molecular weight is 310 g/mol. The number of aromatic nitrogens is 1. The molecule has 0 aromatic carbocycles. The Kier molecular flexibility index (Phi) is 5.43. The number of amides is 1. The summed E-state index contributed by atoms with van der Waals surface area (Å²) in [5.41, 5.74) is 5.17. The second-order valence-corrected chi connectivity index (χ2v) is 4.77. The molecule has 1 aromatic rings. The maximum absolute atomic E-state index is 11.9. The van der Waals surface area contributed by atoms with E-state index in [0.29, 0.717) is 10.9 Å². The van der Waals surface area contributed by atoms with E-state index in [0.717, 1.165) is 0 Å². The van der Waals surface area contributed by atoms with Crippen LogP contribution in [0.15, 0.2) is 38.9 Å².